The van der Waals surface area contributed by atoms with Crippen molar-refractivity contribution in [2.24, 2.45) is 0 Å². The van der Waals surface area contributed by atoms with Gasteiger partial charge in [0.05, 0.1) is 0 Å². The maximum Gasteiger partial charge on any atom is 0.162 e. The molecule has 0 aromatic heterocycles. The molecule has 0 aliphatic rings. The van der Waals surface area contributed by atoms with E-state index in [1.54, 1.807) is 0 Å². The van der Waals surface area contributed by atoms with Crippen LogP contribution in [0.1, 0.15) is 41.5 Å². The first-order valence-electron chi connectivity index (χ1n) is 8.69. The van der Waals surface area contributed by atoms with Gasteiger partial charge >= 0.3 is 0 Å². The molecule has 0 heterocycles. The average molecular weight is 404 g/mol. The van der Waals surface area contributed by atoms with E-state index in [1.807, 2.05) is 0 Å². The van der Waals surface area contributed by atoms with Crippen LogP contribution in [0.5, 0.6) is 0 Å². The zero-order chi connectivity index (χ0) is 17.7. The molecule has 0 aliphatic heterocycles. The standard InChI is InChI=1S/C15H36O4P4/c1-7-20(8-2)17-13-23(16,14-18-21(9-3)10-4)15-19-22(11-5)12-6/h7-15H2,1-6H3. The lowest BCUT2D eigenvalue weighted by molar-refractivity contribution is 0.352. The van der Waals surface area contributed by atoms with Crippen molar-refractivity contribution in [2.75, 3.05) is 56.0 Å². The molecule has 0 saturated heterocycles. The molecule has 0 aliphatic carbocycles. The van der Waals surface area contributed by atoms with Gasteiger partial charge in [-0.25, -0.2) is 0 Å². The normalized spacial score (nSPS) is 12.7. The Kier molecular flexibility index (Phi) is 15.4. The summed E-state index contributed by atoms with van der Waals surface area (Å²) in [5.41, 5.74) is 0. The molecule has 8 heteroatoms. The monoisotopic (exact) mass is 404 g/mol. The molecule has 0 spiro atoms. The Labute approximate surface area is 147 Å². The molecule has 0 bridgehead atoms. The van der Waals surface area contributed by atoms with Crippen molar-refractivity contribution in [3.8, 4) is 0 Å². The summed E-state index contributed by atoms with van der Waals surface area (Å²) in [4.78, 5) is 0. The highest BCUT2D eigenvalue weighted by Crippen LogP contribution is 2.55. The summed E-state index contributed by atoms with van der Waals surface area (Å²) in [5, 5.41) is 0. The molecule has 0 atom stereocenters. The minimum atomic E-state index is -2.58. The van der Waals surface area contributed by atoms with Crippen LogP contribution in [0.2, 0.25) is 0 Å². The highest BCUT2D eigenvalue weighted by atomic mass is 31.2. The molecule has 0 fully saturated rings. The SMILES string of the molecule is CCP(CC)OCP(=O)(COP(CC)CC)COP(CC)CC. The van der Waals surface area contributed by atoms with Crippen molar-refractivity contribution in [1.29, 1.82) is 0 Å². The first kappa shape index (κ1) is 24.4. The van der Waals surface area contributed by atoms with Crippen LogP contribution in [0.3, 0.4) is 0 Å². The Bertz CT molecular complexity index is 271. The maximum atomic E-state index is 13.3. The lowest BCUT2D eigenvalue weighted by Gasteiger charge is -2.25. The largest absolute Gasteiger partial charge is 0.351 e. The molecule has 4 nitrogen and oxygen atoms in total. The summed E-state index contributed by atoms with van der Waals surface area (Å²) in [5.74, 6) is 0. The Hall–Kier alpha value is 1.40. The van der Waals surface area contributed by atoms with Gasteiger partial charge in [-0.15, -0.1) is 0 Å². The molecule has 23 heavy (non-hydrogen) atoms. The lowest BCUT2D eigenvalue weighted by atomic mass is 11.0. The fraction of sp³-hybridized carbons (Fsp3) is 1.00. The summed E-state index contributed by atoms with van der Waals surface area (Å²) in [6.45, 7) is 12.8. The van der Waals surface area contributed by atoms with E-state index in [1.165, 1.54) is 0 Å². The Morgan fingerprint density at radius 1 is 0.565 bits per heavy atom. The van der Waals surface area contributed by atoms with Crippen LogP contribution in [0, 0.1) is 0 Å². The van der Waals surface area contributed by atoms with E-state index in [0.29, 0.717) is 19.0 Å². The van der Waals surface area contributed by atoms with Crippen molar-refractivity contribution in [3.63, 3.8) is 0 Å². The summed E-state index contributed by atoms with van der Waals surface area (Å²) >= 11 is 0. The number of rotatable bonds is 15. The summed E-state index contributed by atoms with van der Waals surface area (Å²) < 4.78 is 31.2. The first-order valence-corrected chi connectivity index (χ1v) is 15.8. The minimum absolute atomic E-state index is 0.313. The summed E-state index contributed by atoms with van der Waals surface area (Å²) in [7, 11) is -3.96. The van der Waals surface area contributed by atoms with Gasteiger partial charge in [0.2, 0.25) is 0 Å². The molecule has 140 valence electrons. The van der Waals surface area contributed by atoms with Gasteiger partial charge < -0.3 is 18.1 Å². The highest BCUT2D eigenvalue weighted by Gasteiger charge is 2.27. The van der Waals surface area contributed by atoms with E-state index in [2.05, 4.69) is 41.5 Å². The third-order valence-electron chi connectivity index (χ3n) is 3.54. The smallest absolute Gasteiger partial charge is 0.162 e. The van der Waals surface area contributed by atoms with Gasteiger partial charge in [0.1, 0.15) is 19.0 Å². The zero-order valence-electron chi connectivity index (χ0n) is 15.8. The van der Waals surface area contributed by atoms with Gasteiger partial charge in [-0.2, -0.15) is 0 Å². The topological polar surface area (TPSA) is 44.8 Å². The molecular weight excluding hydrogens is 368 g/mol. The molecule has 0 radical (unpaired) electrons. The van der Waals surface area contributed by atoms with Crippen LogP contribution >= 0.6 is 31.6 Å². The summed E-state index contributed by atoms with van der Waals surface area (Å²) in [6, 6.07) is 0. The third kappa shape index (κ3) is 10.9. The zero-order valence-corrected chi connectivity index (χ0v) is 19.4. The van der Waals surface area contributed by atoms with E-state index >= 15 is 0 Å². The second-order valence-corrected chi connectivity index (χ2v) is 15.5. The fourth-order valence-corrected chi connectivity index (χ4v) is 9.04. The van der Waals surface area contributed by atoms with E-state index in [0.717, 1.165) is 37.0 Å². The van der Waals surface area contributed by atoms with E-state index in [9.17, 15) is 4.57 Å². The average Bonchev–Trinajstić information content (AvgIpc) is 2.57. The van der Waals surface area contributed by atoms with Gasteiger partial charge in [0.15, 0.2) is 7.14 Å². The molecular formula is C15H36O4P4. The van der Waals surface area contributed by atoms with E-state index < -0.39 is 31.6 Å². The van der Waals surface area contributed by atoms with Crippen LogP contribution in [0.25, 0.3) is 0 Å². The molecule has 0 saturated carbocycles. The Morgan fingerprint density at radius 3 is 0.957 bits per heavy atom. The first-order chi connectivity index (χ1) is 11.0. The Balaban J connectivity index is 4.70. The van der Waals surface area contributed by atoms with Crippen LogP contribution in [-0.2, 0) is 18.1 Å². The molecule has 0 aromatic rings. The number of hydrogen-bond donors (Lipinski definition) is 0. The fourth-order valence-electron chi connectivity index (χ4n) is 1.89. The predicted octanol–water partition coefficient (Wildman–Crippen LogP) is 6.58. The van der Waals surface area contributed by atoms with E-state index in [-0.39, 0.29) is 0 Å². The predicted molar refractivity (Wildman–Crippen MR) is 109 cm³/mol. The second-order valence-electron chi connectivity index (χ2n) is 5.18. The molecule has 0 rings (SSSR count). The van der Waals surface area contributed by atoms with Crippen molar-refractivity contribution < 1.29 is 18.1 Å². The molecule has 0 amide bonds. The lowest BCUT2D eigenvalue weighted by Crippen LogP contribution is -2.07. The third-order valence-corrected chi connectivity index (χ3v) is 11.7. The van der Waals surface area contributed by atoms with Crippen molar-refractivity contribution in [2.45, 2.75) is 41.5 Å². The molecule has 0 N–H and O–H groups in total. The van der Waals surface area contributed by atoms with Crippen LogP contribution in [0.15, 0.2) is 0 Å². The Morgan fingerprint density at radius 2 is 0.783 bits per heavy atom. The molecule has 0 unspecified atom stereocenters. The van der Waals surface area contributed by atoms with E-state index in [4.69, 9.17) is 13.6 Å². The minimum Gasteiger partial charge on any atom is -0.351 e. The van der Waals surface area contributed by atoms with Crippen molar-refractivity contribution in [3.05, 3.63) is 0 Å². The maximum absolute atomic E-state index is 13.3. The van der Waals surface area contributed by atoms with Crippen LogP contribution in [0.4, 0.5) is 0 Å². The van der Waals surface area contributed by atoms with Crippen molar-refractivity contribution in [1.82, 2.24) is 0 Å². The van der Waals surface area contributed by atoms with Gasteiger partial charge in [-0.05, 0) is 37.0 Å². The van der Waals surface area contributed by atoms with Gasteiger partial charge in [-0.1, -0.05) is 41.5 Å². The molecule has 0 aromatic carbocycles. The van der Waals surface area contributed by atoms with Crippen molar-refractivity contribution >= 4 is 31.6 Å². The highest BCUT2D eigenvalue weighted by molar-refractivity contribution is 7.65. The van der Waals surface area contributed by atoms with Crippen LogP contribution < -0.4 is 0 Å². The van der Waals surface area contributed by atoms with Gasteiger partial charge in [0, 0.05) is 24.4 Å². The number of hydrogen-bond acceptors (Lipinski definition) is 4. The summed E-state index contributed by atoms with van der Waals surface area (Å²) in [6.07, 6.45) is 7.03. The van der Waals surface area contributed by atoms with Gasteiger partial charge in [0.25, 0.3) is 0 Å². The second kappa shape index (κ2) is 14.6. The van der Waals surface area contributed by atoms with Gasteiger partial charge in [-0.3, -0.25) is 0 Å². The quantitative estimate of drug-likeness (QED) is 0.289. The van der Waals surface area contributed by atoms with Crippen LogP contribution in [-0.4, -0.2) is 56.0 Å².